The highest BCUT2D eigenvalue weighted by Crippen LogP contribution is 2.27. The first-order valence-corrected chi connectivity index (χ1v) is 8.39. The first-order valence-electron chi connectivity index (χ1n) is 7.14. The van der Waals surface area contributed by atoms with Crippen LogP contribution in [0, 0.1) is 0 Å². The van der Waals surface area contributed by atoms with Crippen molar-refractivity contribution in [3.8, 4) is 0 Å². The Bertz CT molecular complexity index is 548. The molecule has 2 heterocycles. The molecule has 0 bridgehead atoms. The Morgan fingerprint density at radius 3 is 2.90 bits per heavy atom. The normalized spacial score (nSPS) is 12.3. The Morgan fingerprint density at radius 2 is 2.24 bits per heavy atom. The lowest BCUT2D eigenvalue weighted by molar-refractivity contribution is 0.128. The van der Waals surface area contributed by atoms with Crippen molar-refractivity contribution in [3.63, 3.8) is 0 Å². The van der Waals surface area contributed by atoms with Gasteiger partial charge in [0, 0.05) is 17.6 Å². The molecule has 0 radical (unpaired) electrons. The largest absolute Gasteiger partial charge is 0.374 e. The summed E-state index contributed by atoms with van der Waals surface area (Å²) in [5.74, 6) is 1.35. The number of nitrogens with one attached hydrogen (secondary N) is 1. The summed E-state index contributed by atoms with van der Waals surface area (Å²) in [6.07, 6.45) is 2.14. The molecule has 1 atom stereocenters. The number of nitrogens with zero attached hydrogens (tertiary/aromatic N) is 2. The second kappa shape index (κ2) is 8.32. The number of ether oxygens (including phenoxy) is 1. The molecule has 1 unspecified atom stereocenters. The van der Waals surface area contributed by atoms with Crippen molar-refractivity contribution in [2.45, 2.75) is 39.3 Å². The van der Waals surface area contributed by atoms with Gasteiger partial charge in [0.2, 0.25) is 0 Å². The minimum atomic E-state index is 0.251. The molecule has 2 aromatic rings. The fraction of sp³-hybridized carbons (Fsp3) is 0.467. The summed E-state index contributed by atoms with van der Waals surface area (Å²) >= 11 is 7.82. The molecule has 0 amide bonds. The fourth-order valence-corrected chi connectivity index (χ4v) is 3.05. The van der Waals surface area contributed by atoms with Gasteiger partial charge >= 0.3 is 0 Å². The van der Waals surface area contributed by atoms with Gasteiger partial charge in [-0.15, -0.1) is 11.3 Å². The number of hydrogen-bond donors (Lipinski definition) is 1. The molecule has 114 valence electrons. The summed E-state index contributed by atoms with van der Waals surface area (Å²) in [6.45, 7) is 5.13. The summed E-state index contributed by atoms with van der Waals surface area (Å²) in [5.41, 5.74) is 0. The highest BCUT2D eigenvalue weighted by atomic mass is 35.5. The van der Waals surface area contributed by atoms with Crippen LogP contribution in [0.25, 0.3) is 0 Å². The predicted octanol–water partition coefficient (Wildman–Crippen LogP) is 4.68. The van der Waals surface area contributed by atoms with Gasteiger partial charge in [0.25, 0.3) is 0 Å². The summed E-state index contributed by atoms with van der Waals surface area (Å²) in [6, 6.07) is 6.22. The van der Waals surface area contributed by atoms with Crippen molar-refractivity contribution in [2.24, 2.45) is 0 Å². The number of hydrogen-bond acceptors (Lipinski definition) is 5. The van der Waals surface area contributed by atoms with Gasteiger partial charge < -0.3 is 10.1 Å². The van der Waals surface area contributed by atoms with Gasteiger partial charge in [0.1, 0.15) is 17.6 Å². The van der Waals surface area contributed by atoms with E-state index in [0.29, 0.717) is 24.2 Å². The van der Waals surface area contributed by atoms with E-state index in [1.165, 1.54) is 4.88 Å². The van der Waals surface area contributed by atoms with E-state index in [0.717, 1.165) is 18.7 Å². The van der Waals surface area contributed by atoms with Gasteiger partial charge in [0.15, 0.2) is 5.82 Å². The third-order valence-electron chi connectivity index (χ3n) is 2.96. The molecule has 2 rings (SSSR count). The maximum Gasteiger partial charge on any atom is 0.158 e. The van der Waals surface area contributed by atoms with Gasteiger partial charge in [-0.1, -0.05) is 31.0 Å². The summed E-state index contributed by atoms with van der Waals surface area (Å²) in [7, 11) is 0. The maximum atomic E-state index is 6.07. The molecule has 21 heavy (non-hydrogen) atoms. The van der Waals surface area contributed by atoms with Gasteiger partial charge in [-0.3, -0.25) is 0 Å². The number of thiophene rings is 1. The molecule has 0 aliphatic carbocycles. The zero-order valence-corrected chi connectivity index (χ0v) is 13.9. The van der Waals surface area contributed by atoms with Crippen LogP contribution >= 0.6 is 22.9 Å². The van der Waals surface area contributed by atoms with Crippen LogP contribution < -0.4 is 5.32 Å². The lowest BCUT2D eigenvalue weighted by atomic mass is 10.1. The van der Waals surface area contributed by atoms with E-state index in [1.54, 1.807) is 17.4 Å². The second-order valence-electron chi connectivity index (χ2n) is 4.63. The zero-order chi connectivity index (χ0) is 15.1. The van der Waals surface area contributed by atoms with Crippen molar-refractivity contribution in [1.82, 2.24) is 9.97 Å². The van der Waals surface area contributed by atoms with Crippen LogP contribution in [-0.2, 0) is 11.3 Å². The van der Waals surface area contributed by atoms with Crippen molar-refractivity contribution < 1.29 is 4.74 Å². The molecule has 0 saturated heterocycles. The number of aromatic nitrogens is 2. The molecule has 0 aromatic carbocycles. The first kappa shape index (κ1) is 16.2. The number of halogens is 1. The van der Waals surface area contributed by atoms with Gasteiger partial charge in [-0.05, 0) is 24.8 Å². The minimum Gasteiger partial charge on any atom is -0.374 e. The lowest BCUT2D eigenvalue weighted by Crippen LogP contribution is -2.12. The predicted molar refractivity (Wildman–Crippen MR) is 88.0 cm³/mol. The summed E-state index contributed by atoms with van der Waals surface area (Å²) < 4.78 is 5.34. The van der Waals surface area contributed by atoms with Gasteiger partial charge in [0.05, 0.1) is 6.04 Å². The molecule has 6 heteroatoms. The highest BCUT2D eigenvalue weighted by molar-refractivity contribution is 7.10. The molecule has 0 saturated carbocycles. The van der Waals surface area contributed by atoms with Crippen LogP contribution in [0.5, 0.6) is 0 Å². The SMILES string of the molecule is CCCC(Nc1cc(Cl)nc(COCC)n1)c1cccs1. The van der Waals surface area contributed by atoms with Crippen LogP contribution in [0.15, 0.2) is 23.6 Å². The van der Waals surface area contributed by atoms with Gasteiger partial charge in [-0.25, -0.2) is 9.97 Å². The van der Waals surface area contributed by atoms with E-state index in [4.69, 9.17) is 16.3 Å². The quantitative estimate of drug-likeness (QED) is 0.716. The topological polar surface area (TPSA) is 47.0 Å². The minimum absolute atomic E-state index is 0.251. The number of anilines is 1. The Labute approximate surface area is 134 Å². The Kier molecular flexibility index (Phi) is 6.42. The fourth-order valence-electron chi connectivity index (χ4n) is 2.04. The number of rotatable bonds is 8. The molecule has 0 aliphatic rings. The third-order valence-corrected chi connectivity index (χ3v) is 4.14. The molecule has 0 aliphatic heterocycles. The van der Waals surface area contributed by atoms with Crippen molar-refractivity contribution in [3.05, 3.63) is 39.4 Å². The van der Waals surface area contributed by atoms with Crippen molar-refractivity contribution in [1.29, 1.82) is 0 Å². The molecule has 2 aromatic heterocycles. The summed E-state index contributed by atoms with van der Waals surface area (Å²) in [4.78, 5) is 9.96. The Morgan fingerprint density at radius 1 is 1.38 bits per heavy atom. The third kappa shape index (κ3) is 4.95. The van der Waals surface area contributed by atoms with Crippen LogP contribution in [0.4, 0.5) is 5.82 Å². The average Bonchev–Trinajstić information content (AvgIpc) is 2.98. The van der Waals surface area contributed by atoms with Crippen molar-refractivity contribution in [2.75, 3.05) is 11.9 Å². The monoisotopic (exact) mass is 325 g/mol. The smallest absolute Gasteiger partial charge is 0.158 e. The maximum absolute atomic E-state index is 6.07. The molecule has 1 N–H and O–H groups in total. The standard InChI is InChI=1S/C15H20ClN3OS/c1-3-6-11(12-7-5-8-21-12)17-14-9-13(16)18-15(19-14)10-20-4-2/h5,7-9,11H,3-4,6,10H2,1-2H3,(H,17,18,19). The highest BCUT2D eigenvalue weighted by Gasteiger charge is 2.13. The lowest BCUT2D eigenvalue weighted by Gasteiger charge is -2.18. The van der Waals surface area contributed by atoms with Crippen LogP contribution in [0.3, 0.4) is 0 Å². The van der Waals surface area contributed by atoms with Crippen molar-refractivity contribution >= 4 is 28.8 Å². The average molecular weight is 326 g/mol. The van der Waals surface area contributed by atoms with Crippen LogP contribution in [0.1, 0.15) is 43.4 Å². The van der Waals surface area contributed by atoms with E-state index in [1.807, 2.05) is 6.92 Å². The Balaban J connectivity index is 2.14. The molecular weight excluding hydrogens is 306 g/mol. The second-order valence-corrected chi connectivity index (χ2v) is 6.00. The van der Waals surface area contributed by atoms with E-state index in [-0.39, 0.29) is 6.04 Å². The van der Waals surface area contributed by atoms with E-state index in [2.05, 4.69) is 39.7 Å². The molecule has 4 nitrogen and oxygen atoms in total. The Hall–Kier alpha value is -1.17. The van der Waals surface area contributed by atoms with E-state index in [9.17, 15) is 0 Å². The molecule has 0 fully saturated rings. The van der Waals surface area contributed by atoms with Crippen LogP contribution in [-0.4, -0.2) is 16.6 Å². The van der Waals surface area contributed by atoms with Gasteiger partial charge in [-0.2, -0.15) is 0 Å². The van der Waals surface area contributed by atoms with E-state index >= 15 is 0 Å². The van der Waals surface area contributed by atoms with E-state index < -0.39 is 0 Å². The summed E-state index contributed by atoms with van der Waals surface area (Å²) in [5, 5.41) is 5.98. The van der Waals surface area contributed by atoms with Crippen LogP contribution in [0.2, 0.25) is 5.15 Å². The molecule has 0 spiro atoms. The first-order chi connectivity index (χ1) is 10.2. The molecular formula is C15H20ClN3OS. The zero-order valence-electron chi connectivity index (χ0n) is 12.3.